The van der Waals surface area contributed by atoms with Crippen molar-refractivity contribution in [3.8, 4) is 5.75 Å². The molecule has 0 saturated heterocycles. The van der Waals surface area contributed by atoms with E-state index in [1.165, 1.54) is 12.1 Å². The van der Waals surface area contributed by atoms with Gasteiger partial charge in [-0.1, -0.05) is 27.5 Å². The van der Waals surface area contributed by atoms with Crippen LogP contribution in [0.5, 0.6) is 5.75 Å². The summed E-state index contributed by atoms with van der Waals surface area (Å²) < 4.78 is 13.1. The van der Waals surface area contributed by atoms with Crippen molar-refractivity contribution >= 4 is 27.5 Å². The molecule has 1 rings (SSSR count). The highest BCUT2D eigenvalue weighted by Gasteiger charge is 2.05. The van der Waals surface area contributed by atoms with E-state index in [-0.39, 0.29) is 5.02 Å². The van der Waals surface area contributed by atoms with Crippen LogP contribution in [-0.4, -0.2) is 5.11 Å². The summed E-state index contributed by atoms with van der Waals surface area (Å²) in [5.41, 5.74) is 0. The van der Waals surface area contributed by atoms with E-state index in [1.54, 1.807) is 0 Å². The van der Waals surface area contributed by atoms with Crippen LogP contribution in [0.3, 0.4) is 0 Å². The average molecular weight is 225 g/mol. The molecule has 0 fully saturated rings. The number of aromatic hydroxyl groups is 1. The quantitative estimate of drug-likeness (QED) is 0.673. The zero-order valence-electron chi connectivity index (χ0n) is 4.74. The van der Waals surface area contributed by atoms with Crippen LogP contribution in [0.2, 0.25) is 5.02 Å². The fourth-order valence-electron chi connectivity index (χ4n) is 0.542. The Balaban J connectivity index is 3.31. The van der Waals surface area contributed by atoms with E-state index < -0.39 is 11.6 Å². The molecule has 0 spiro atoms. The fraction of sp³-hybridized carbons (Fsp3) is 0. The van der Waals surface area contributed by atoms with Crippen LogP contribution in [0.15, 0.2) is 16.6 Å². The molecule has 0 bridgehead atoms. The minimum atomic E-state index is -0.787. The zero-order chi connectivity index (χ0) is 7.72. The number of benzene rings is 1. The summed E-state index contributed by atoms with van der Waals surface area (Å²) in [6.45, 7) is 0. The summed E-state index contributed by atoms with van der Waals surface area (Å²) in [6.07, 6.45) is 0. The molecule has 0 radical (unpaired) electrons. The highest BCUT2D eigenvalue weighted by molar-refractivity contribution is 9.10. The van der Waals surface area contributed by atoms with Crippen molar-refractivity contribution in [2.45, 2.75) is 0 Å². The summed E-state index contributed by atoms with van der Waals surface area (Å²) >= 11 is 8.39. The molecule has 0 amide bonds. The molecule has 0 aliphatic rings. The molecule has 1 aromatic rings. The molecule has 4 heteroatoms. The Labute approximate surface area is 70.6 Å². The van der Waals surface area contributed by atoms with Gasteiger partial charge in [0.2, 0.25) is 0 Å². The highest BCUT2D eigenvalue weighted by atomic mass is 79.9. The number of halogens is 3. The lowest BCUT2D eigenvalue weighted by Gasteiger charge is -1.97. The first-order valence-corrected chi connectivity index (χ1v) is 3.62. The van der Waals surface area contributed by atoms with E-state index in [1.807, 2.05) is 0 Å². The van der Waals surface area contributed by atoms with Crippen molar-refractivity contribution in [3.05, 3.63) is 27.4 Å². The lowest BCUT2D eigenvalue weighted by Crippen LogP contribution is -1.77. The molecule has 1 N–H and O–H groups in total. The predicted octanol–water partition coefficient (Wildman–Crippen LogP) is 2.95. The third-order valence-corrected chi connectivity index (χ3v) is 1.71. The summed E-state index contributed by atoms with van der Waals surface area (Å²) in [5.74, 6) is -1.23. The number of hydrogen-bond acceptors (Lipinski definition) is 1. The molecule has 0 aliphatic heterocycles. The third kappa shape index (κ3) is 1.41. The third-order valence-electron chi connectivity index (χ3n) is 0.974. The summed E-state index contributed by atoms with van der Waals surface area (Å²) in [6, 6.07) is 2.61. The molecule has 0 aliphatic carbocycles. The molecule has 54 valence electrons. The number of phenolic OH excluding ortho intramolecular Hbond substituents is 1. The molecular weight excluding hydrogens is 222 g/mol. The second kappa shape index (κ2) is 2.76. The van der Waals surface area contributed by atoms with E-state index in [4.69, 9.17) is 16.7 Å². The molecular formula is C6H3BrClFO. The van der Waals surface area contributed by atoms with Crippen molar-refractivity contribution in [1.82, 2.24) is 0 Å². The average Bonchev–Trinajstić information content (AvgIpc) is 1.82. The summed E-state index contributed by atoms with van der Waals surface area (Å²) in [5, 5.41) is 8.70. The van der Waals surface area contributed by atoms with Gasteiger partial charge in [0.1, 0.15) is 0 Å². The van der Waals surface area contributed by atoms with Crippen LogP contribution < -0.4 is 0 Å². The number of rotatable bonds is 0. The van der Waals surface area contributed by atoms with Crippen LogP contribution in [-0.2, 0) is 0 Å². The van der Waals surface area contributed by atoms with Gasteiger partial charge in [0, 0.05) is 4.47 Å². The van der Waals surface area contributed by atoms with Gasteiger partial charge in [-0.15, -0.1) is 0 Å². The standard InChI is InChI=1S/C6H3BrClFO/c7-3-1-4(8)6(9)5(10)2-3/h1-2,10H. The van der Waals surface area contributed by atoms with Crippen molar-refractivity contribution in [2.24, 2.45) is 0 Å². The smallest absolute Gasteiger partial charge is 0.183 e. The van der Waals surface area contributed by atoms with E-state index in [0.717, 1.165) is 0 Å². The Bertz CT molecular complexity index is 241. The van der Waals surface area contributed by atoms with Gasteiger partial charge >= 0.3 is 0 Å². The summed E-state index contributed by atoms with van der Waals surface area (Å²) in [4.78, 5) is 0. The van der Waals surface area contributed by atoms with Gasteiger partial charge in [0.05, 0.1) is 5.02 Å². The molecule has 1 nitrogen and oxygen atoms in total. The lowest BCUT2D eigenvalue weighted by atomic mass is 10.3. The fourth-order valence-corrected chi connectivity index (χ4v) is 1.33. The molecule has 1 aromatic carbocycles. The monoisotopic (exact) mass is 224 g/mol. The summed E-state index contributed by atoms with van der Waals surface area (Å²) in [7, 11) is 0. The molecule has 0 saturated carbocycles. The second-order valence-corrected chi connectivity index (χ2v) is 3.04. The van der Waals surface area contributed by atoms with Gasteiger partial charge < -0.3 is 5.11 Å². The van der Waals surface area contributed by atoms with Gasteiger partial charge in [0.25, 0.3) is 0 Å². The SMILES string of the molecule is Oc1cc(Br)cc(Cl)c1F. The molecule has 0 atom stereocenters. The minimum Gasteiger partial charge on any atom is -0.505 e. The molecule has 10 heavy (non-hydrogen) atoms. The van der Waals surface area contributed by atoms with E-state index in [9.17, 15) is 4.39 Å². The van der Waals surface area contributed by atoms with Crippen LogP contribution >= 0.6 is 27.5 Å². The second-order valence-electron chi connectivity index (χ2n) is 1.72. The van der Waals surface area contributed by atoms with Gasteiger partial charge in [-0.2, -0.15) is 0 Å². The Hall–Kier alpha value is -0.280. The first-order valence-electron chi connectivity index (χ1n) is 2.45. The zero-order valence-corrected chi connectivity index (χ0v) is 7.08. The Morgan fingerprint density at radius 2 is 2.10 bits per heavy atom. The van der Waals surface area contributed by atoms with Crippen molar-refractivity contribution < 1.29 is 9.50 Å². The van der Waals surface area contributed by atoms with Crippen LogP contribution in [0.25, 0.3) is 0 Å². The van der Waals surface area contributed by atoms with Crippen molar-refractivity contribution in [1.29, 1.82) is 0 Å². The van der Waals surface area contributed by atoms with Crippen LogP contribution in [0.1, 0.15) is 0 Å². The van der Waals surface area contributed by atoms with E-state index >= 15 is 0 Å². The van der Waals surface area contributed by atoms with Crippen LogP contribution in [0.4, 0.5) is 4.39 Å². The predicted molar refractivity (Wildman–Crippen MR) is 40.8 cm³/mol. The maximum atomic E-state index is 12.5. The van der Waals surface area contributed by atoms with E-state index in [2.05, 4.69) is 15.9 Å². The largest absolute Gasteiger partial charge is 0.505 e. The topological polar surface area (TPSA) is 20.2 Å². The maximum Gasteiger partial charge on any atom is 0.183 e. The van der Waals surface area contributed by atoms with Gasteiger partial charge in [-0.25, -0.2) is 4.39 Å². The molecule has 0 unspecified atom stereocenters. The molecule has 0 heterocycles. The van der Waals surface area contributed by atoms with Crippen molar-refractivity contribution in [2.75, 3.05) is 0 Å². The normalized spacial score (nSPS) is 9.90. The maximum absolute atomic E-state index is 12.5. The van der Waals surface area contributed by atoms with Gasteiger partial charge in [0.15, 0.2) is 11.6 Å². The first-order chi connectivity index (χ1) is 4.61. The lowest BCUT2D eigenvalue weighted by molar-refractivity contribution is 0.432. The van der Waals surface area contributed by atoms with E-state index in [0.29, 0.717) is 4.47 Å². The van der Waals surface area contributed by atoms with Gasteiger partial charge in [-0.05, 0) is 12.1 Å². The highest BCUT2D eigenvalue weighted by Crippen LogP contribution is 2.27. The number of phenols is 1. The Kier molecular flexibility index (Phi) is 2.16. The van der Waals surface area contributed by atoms with Crippen LogP contribution in [0, 0.1) is 5.82 Å². The minimum absolute atomic E-state index is 0.0909. The Morgan fingerprint density at radius 3 is 2.60 bits per heavy atom. The van der Waals surface area contributed by atoms with Crippen molar-refractivity contribution in [3.63, 3.8) is 0 Å². The van der Waals surface area contributed by atoms with Gasteiger partial charge in [-0.3, -0.25) is 0 Å². The molecule has 0 aromatic heterocycles. The first kappa shape index (κ1) is 7.82. The number of hydrogen-bond donors (Lipinski definition) is 1. The Morgan fingerprint density at radius 1 is 1.50 bits per heavy atom.